The summed E-state index contributed by atoms with van der Waals surface area (Å²) in [6.07, 6.45) is 8.79. The van der Waals surface area contributed by atoms with E-state index in [9.17, 15) is 14.4 Å². The standard InChI is InChI=1S/C22H38O6/c1-4-7-16-26-20(23)13-10-19(11-14-21(24)27-17-8-5-2)12-15-22(25)28-18-9-6-3/h10H,4-9,11-18H2,1-3H3. The van der Waals surface area contributed by atoms with E-state index in [1.807, 2.05) is 20.8 Å². The van der Waals surface area contributed by atoms with Gasteiger partial charge in [-0.25, -0.2) is 0 Å². The summed E-state index contributed by atoms with van der Waals surface area (Å²) in [6.45, 7) is 7.39. The zero-order valence-corrected chi connectivity index (χ0v) is 17.9. The maximum absolute atomic E-state index is 11.8. The summed E-state index contributed by atoms with van der Waals surface area (Å²) < 4.78 is 15.5. The molecule has 0 aromatic carbocycles. The lowest BCUT2D eigenvalue weighted by atomic mass is 10.0. The molecule has 0 atom stereocenters. The van der Waals surface area contributed by atoms with Crippen LogP contribution >= 0.6 is 0 Å². The number of rotatable bonds is 17. The normalized spacial score (nSPS) is 10.2. The Morgan fingerprint density at radius 2 is 1.00 bits per heavy atom. The van der Waals surface area contributed by atoms with Crippen molar-refractivity contribution in [2.24, 2.45) is 0 Å². The summed E-state index contributed by atoms with van der Waals surface area (Å²) in [6, 6.07) is 0. The highest BCUT2D eigenvalue weighted by molar-refractivity contribution is 5.72. The second kappa shape index (κ2) is 18.5. The minimum Gasteiger partial charge on any atom is -0.466 e. The van der Waals surface area contributed by atoms with Crippen LogP contribution < -0.4 is 0 Å². The van der Waals surface area contributed by atoms with Crippen molar-refractivity contribution < 1.29 is 28.6 Å². The van der Waals surface area contributed by atoms with Gasteiger partial charge in [0.25, 0.3) is 0 Å². The average molecular weight is 399 g/mol. The van der Waals surface area contributed by atoms with Crippen LogP contribution in [0.5, 0.6) is 0 Å². The molecule has 0 N–H and O–H groups in total. The highest BCUT2D eigenvalue weighted by Crippen LogP contribution is 2.15. The molecule has 0 aromatic rings. The Kier molecular flexibility index (Phi) is 17.3. The lowest BCUT2D eigenvalue weighted by Crippen LogP contribution is -2.09. The average Bonchev–Trinajstić information content (AvgIpc) is 2.68. The first-order valence-electron chi connectivity index (χ1n) is 10.7. The predicted octanol–water partition coefficient (Wildman–Crippen LogP) is 4.89. The van der Waals surface area contributed by atoms with Gasteiger partial charge in [-0.05, 0) is 32.1 Å². The minimum absolute atomic E-state index is 0.148. The molecule has 6 nitrogen and oxygen atoms in total. The van der Waals surface area contributed by atoms with Crippen LogP contribution in [0.1, 0.15) is 91.4 Å². The van der Waals surface area contributed by atoms with Gasteiger partial charge in [0, 0.05) is 12.8 Å². The second-order valence-corrected chi connectivity index (χ2v) is 6.79. The van der Waals surface area contributed by atoms with Gasteiger partial charge in [-0.3, -0.25) is 14.4 Å². The third kappa shape index (κ3) is 16.3. The van der Waals surface area contributed by atoms with Gasteiger partial charge in [0.05, 0.1) is 26.2 Å². The molecule has 28 heavy (non-hydrogen) atoms. The van der Waals surface area contributed by atoms with Crippen LogP contribution in [-0.4, -0.2) is 37.7 Å². The Hall–Kier alpha value is -1.85. The molecule has 0 aliphatic heterocycles. The van der Waals surface area contributed by atoms with Crippen molar-refractivity contribution in [3.8, 4) is 0 Å². The molecule has 0 saturated carbocycles. The molecular formula is C22H38O6. The van der Waals surface area contributed by atoms with E-state index in [2.05, 4.69) is 0 Å². The third-order valence-corrected chi connectivity index (χ3v) is 4.14. The summed E-state index contributed by atoms with van der Waals surface area (Å²) in [7, 11) is 0. The Morgan fingerprint density at radius 1 is 0.607 bits per heavy atom. The van der Waals surface area contributed by atoms with Crippen molar-refractivity contribution in [3.63, 3.8) is 0 Å². The molecule has 0 unspecified atom stereocenters. The molecule has 6 heteroatoms. The van der Waals surface area contributed by atoms with E-state index >= 15 is 0 Å². The first-order valence-corrected chi connectivity index (χ1v) is 10.7. The molecule has 162 valence electrons. The van der Waals surface area contributed by atoms with Crippen molar-refractivity contribution >= 4 is 17.9 Å². The van der Waals surface area contributed by atoms with Gasteiger partial charge in [-0.15, -0.1) is 0 Å². The monoisotopic (exact) mass is 398 g/mol. The Morgan fingerprint density at radius 3 is 1.39 bits per heavy atom. The van der Waals surface area contributed by atoms with Crippen LogP contribution in [0, 0.1) is 0 Å². The highest BCUT2D eigenvalue weighted by Gasteiger charge is 2.10. The summed E-state index contributed by atoms with van der Waals surface area (Å²) >= 11 is 0. The van der Waals surface area contributed by atoms with Crippen LogP contribution in [0.2, 0.25) is 0 Å². The minimum atomic E-state index is -0.290. The predicted molar refractivity (Wildman–Crippen MR) is 109 cm³/mol. The number of ether oxygens (including phenoxy) is 3. The van der Waals surface area contributed by atoms with E-state index < -0.39 is 0 Å². The summed E-state index contributed by atoms with van der Waals surface area (Å²) in [5.74, 6) is -0.798. The number of hydrogen-bond donors (Lipinski definition) is 0. The number of unbranched alkanes of at least 4 members (excludes halogenated alkanes) is 3. The molecule has 0 rings (SSSR count). The Labute approximate surface area is 170 Å². The smallest absolute Gasteiger partial charge is 0.309 e. The maximum atomic E-state index is 11.8. The summed E-state index contributed by atoms with van der Waals surface area (Å²) in [5.41, 5.74) is 0.882. The van der Waals surface area contributed by atoms with Crippen LogP contribution in [0.3, 0.4) is 0 Å². The quantitative estimate of drug-likeness (QED) is 0.150. The second-order valence-electron chi connectivity index (χ2n) is 6.79. The van der Waals surface area contributed by atoms with Gasteiger partial charge in [0.2, 0.25) is 0 Å². The van der Waals surface area contributed by atoms with Crippen molar-refractivity contribution in [2.75, 3.05) is 19.8 Å². The SMILES string of the molecule is CCCCOC(=O)CC=C(CCC(=O)OCCCC)CCC(=O)OCCCC. The molecule has 0 saturated heterocycles. The van der Waals surface area contributed by atoms with Crippen molar-refractivity contribution in [3.05, 3.63) is 11.6 Å². The van der Waals surface area contributed by atoms with Gasteiger partial charge < -0.3 is 14.2 Å². The van der Waals surface area contributed by atoms with E-state index in [0.29, 0.717) is 32.7 Å². The van der Waals surface area contributed by atoms with Crippen molar-refractivity contribution in [1.29, 1.82) is 0 Å². The highest BCUT2D eigenvalue weighted by atomic mass is 16.5. The lowest BCUT2D eigenvalue weighted by molar-refractivity contribution is -0.144. The first kappa shape index (κ1) is 26.1. The van der Waals surface area contributed by atoms with Gasteiger partial charge in [0.1, 0.15) is 0 Å². The molecular weight excluding hydrogens is 360 g/mol. The Balaban J connectivity index is 4.50. The van der Waals surface area contributed by atoms with E-state index in [0.717, 1.165) is 44.1 Å². The molecule has 0 heterocycles. The van der Waals surface area contributed by atoms with E-state index in [1.54, 1.807) is 6.08 Å². The zero-order chi connectivity index (χ0) is 21.0. The molecule has 0 bridgehead atoms. The lowest BCUT2D eigenvalue weighted by Gasteiger charge is -2.09. The number of esters is 3. The fourth-order valence-corrected chi connectivity index (χ4v) is 2.28. The Bertz CT molecular complexity index is 442. The topological polar surface area (TPSA) is 78.9 Å². The zero-order valence-electron chi connectivity index (χ0n) is 17.9. The van der Waals surface area contributed by atoms with Crippen LogP contribution in [0.25, 0.3) is 0 Å². The van der Waals surface area contributed by atoms with Gasteiger partial charge in [-0.1, -0.05) is 51.7 Å². The van der Waals surface area contributed by atoms with Crippen LogP contribution in [-0.2, 0) is 28.6 Å². The van der Waals surface area contributed by atoms with E-state index in [1.165, 1.54) is 0 Å². The summed E-state index contributed by atoms with van der Waals surface area (Å²) in [5, 5.41) is 0. The maximum Gasteiger partial charge on any atom is 0.309 e. The summed E-state index contributed by atoms with van der Waals surface area (Å²) in [4.78, 5) is 35.4. The third-order valence-electron chi connectivity index (χ3n) is 4.14. The molecule has 0 amide bonds. The van der Waals surface area contributed by atoms with Gasteiger partial charge in [0.15, 0.2) is 0 Å². The molecule has 0 spiro atoms. The number of carbonyl (C=O) groups excluding carboxylic acids is 3. The fraction of sp³-hybridized carbons (Fsp3) is 0.773. The molecule has 0 aliphatic rings. The molecule has 0 radical (unpaired) electrons. The van der Waals surface area contributed by atoms with Gasteiger partial charge in [-0.2, -0.15) is 0 Å². The van der Waals surface area contributed by atoms with E-state index in [-0.39, 0.29) is 37.2 Å². The van der Waals surface area contributed by atoms with Crippen molar-refractivity contribution in [1.82, 2.24) is 0 Å². The van der Waals surface area contributed by atoms with Gasteiger partial charge >= 0.3 is 17.9 Å². The number of allylic oxidation sites excluding steroid dienone is 1. The fourth-order valence-electron chi connectivity index (χ4n) is 2.28. The molecule has 0 aliphatic carbocycles. The molecule has 0 aromatic heterocycles. The van der Waals surface area contributed by atoms with Crippen molar-refractivity contribution in [2.45, 2.75) is 91.4 Å². The van der Waals surface area contributed by atoms with Crippen LogP contribution in [0.15, 0.2) is 11.6 Å². The van der Waals surface area contributed by atoms with E-state index in [4.69, 9.17) is 14.2 Å². The van der Waals surface area contributed by atoms with Crippen LogP contribution in [0.4, 0.5) is 0 Å². The number of hydrogen-bond acceptors (Lipinski definition) is 6. The molecule has 0 fully saturated rings. The number of carbonyl (C=O) groups is 3. The largest absolute Gasteiger partial charge is 0.466 e. The first-order chi connectivity index (χ1) is 13.5.